The molecule has 0 spiro atoms. The number of aromatic nitrogens is 1. The number of carbonyl (C=O) groups is 2. The summed E-state index contributed by atoms with van der Waals surface area (Å²) in [5.41, 5.74) is 0.447. The highest BCUT2D eigenvalue weighted by molar-refractivity contribution is 5.76. The molecule has 3 rings (SSSR count). The Morgan fingerprint density at radius 3 is 2.67 bits per heavy atom. The number of methoxy groups -OCH3 is 1. The van der Waals surface area contributed by atoms with Crippen molar-refractivity contribution in [2.75, 3.05) is 26.9 Å². The van der Waals surface area contributed by atoms with Crippen molar-refractivity contribution in [1.29, 1.82) is 0 Å². The van der Waals surface area contributed by atoms with Crippen LogP contribution in [0.3, 0.4) is 0 Å². The number of rotatable bonds is 10. The van der Waals surface area contributed by atoms with Crippen molar-refractivity contribution in [2.24, 2.45) is 17.8 Å². The van der Waals surface area contributed by atoms with Gasteiger partial charge in [0.15, 0.2) is 11.5 Å². The van der Waals surface area contributed by atoms with Crippen molar-refractivity contribution in [3.05, 3.63) is 18.0 Å². The minimum Gasteiger partial charge on any atom is -0.493 e. The molecular weight excluding hydrogens is 464 g/mol. The maximum atomic E-state index is 13.1. The lowest BCUT2D eigenvalue weighted by Gasteiger charge is -2.32. The lowest BCUT2D eigenvalue weighted by molar-refractivity contribution is -0.161. The Hall–Kier alpha value is -2.23. The Morgan fingerprint density at radius 1 is 1.25 bits per heavy atom. The number of hydrogen-bond donors (Lipinski definition) is 1. The molecule has 1 saturated carbocycles. The first-order valence-electron chi connectivity index (χ1n) is 13.1. The molecule has 0 aromatic carbocycles. The van der Waals surface area contributed by atoms with E-state index in [-0.39, 0.29) is 30.9 Å². The summed E-state index contributed by atoms with van der Waals surface area (Å²) in [6.45, 7) is 8.90. The van der Waals surface area contributed by atoms with E-state index in [9.17, 15) is 9.59 Å². The van der Waals surface area contributed by atoms with Gasteiger partial charge in [-0.25, -0.2) is 0 Å². The predicted octanol–water partition coefficient (Wildman–Crippen LogP) is 3.67. The molecule has 1 N–H and O–H groups in total. The molecule has 4 atom stereocenters. The Kier molecular flexibility index (Phi) is 10.9. The highest BCUT2D eigenvalue weighted by Gasteiger charge is 2.36. The molecule has 202 valence electrons. The van der Waals surface area contributed by atoms with Gasteiger partial charge in [0, 0.05) is 38.3 Å². The first-order chi connectivity index (χ1) is 17.3. The second-order valence-electron chi connectivity index (χ2n) is 10.3. The smallest absolute Gasteiger partial charge is 0.325 e. The molecule has 2 fully saturated rings. The van der Waals surface area contributed by atoms with Gasteiger partial charge in [-0.15, -0.1) is 0 Å². The van der Waals surface area contributed by atoms with Crippen LogP contribution in [0.1, 0.15) is 65.5 Å². The summed E-state index contributed by atoms with van der Waals surface area (Å²) in [4.78, 5) is 29.0. The Bertz CT molecular complexity index is 857. The van der Waals surface area contributed by atoms with E-state index in [0.29, 0.717) is 36.5 Å². The molecule has 1 aromatic rings. The average Bonchev–Trinajstić information content (AvgIpc) is 3.34. The maximum absolute atomic E-state index is 13.1. The van der Waals surface area contributed by atoms with E-state index in [2.05, 4.69) is 24.1 Å². The number of esters is 2. The molecule has 0 amide bonds. The molecule has 1 saturated heterocycles. The van der Waals surface area contributed by atoms with Crippen molar-refractivity contribution < 1.29 is 33.3 Å². The van der Waals surface area contributed by atoms with Gasteiger partial charge in [-0.1, -0.05) is 39.5 Å². The highest BCUT2D eigenvalue weighted by Crippen LogP contribution is 2.34. The van der Waals surface area contributed by atoms with Crippen LogP contribution < -0.4 is 14.8 Å². The number of cyclic esters (lactones) is 1. The highest BCUT2D eigenvalue weighted by atomic mass is 16.6. The maximum Gasteiger partial charge on any atom is 0.325 e. The lowest BCUT2D eigenvalue weighted by atomic mass is 9.87. The van der Waals surface area contributed by atoms with E-state index in [0.717, 1.165) is 6.42 Å². The van der Waals surface area contributed by atoms with Crippen molar-refractivity contribution in [3.63, 3.8) is 0 Å². The van der Waals surface area contributed by atoms with Crippen LogP contribution in [-0.4, -0.2) is 62.1 Å². The van der Waals surface area contributed by atoms with Gasteiger partial charge in [0.1, 0.15) is 17.8 Å². The van der Waals surface area contributed by atoms with Crippen LogP contribution in [0.5, 0.6) is 11.5 Å². The largest absolute Gasteiger partial charge is 0.493 e. The number of carbonyl (C=O) groups excluding carboxylic acids is 2. The van der Waals surface area contributed by atoms with Crippen molar-refractivity contribution in [1.82, 2.24) is 10.3 Å². The molecule has 1 aromatic heterocycles. The Morgan fingerprint density at radius 2 is 2.00 bits per heavy atom. The van der Waals surface area contributed by atoms with Gasteiger partial charge in [-0.3, -0.25) is 19.9 Å². The van der Waals surface area contributed by atoms with Crippen molar-refractivity contribution >= 4 is 11.9 Å². The zero-order valence-corrected chi connectivity index (χ0v) is 22.3. The minimum absolute atomic E-state index is 0.157. The van der Waals surface area contributed by atoms with Gasteiger partial charge >= 0.3 is 11.9 Å². The topological polar surface area (TPSA) is 105 Å². The quantitative estimate of drug-likeness (QED) is 0.476. The fraction of sp³-hybridized carbons (Fsp3) is 0.741. The summed E-state index contributed by atoms with van der Waals surface area (Å²) in [6.07, 6.45) is 7.00. The SMILES string of the molecule is COc1ccnc(CNC2COCC(CC3CCCC3)C(OCC(C)C)C(C)OC2=O)c1OC(C)=O. The molecule has 1 aliphatic carbocycles. The lowest BCUT2D eigenvalue weighted by Crippen LogP contribution is -2.44. The van der Waals surface area contributed by atoms with E-state index in [4.69, 9.17) is 23.7 Å². The summed E-state index contributed by atoms with van der Waals surface area (Å²) in [5.74, 6) is 0.929. The zero-order chi connectivity index (χ0) is 26.1. The number of ether oxygens (including phenoxy) is 5. The predicted molar refractivity (Wildman–Crippen MR) is 134 cm³/mol. The van der Waals surface area contributed by atoms with Gasteiger partial charge in [-0.05, 0) is 25.2 Å². The summed E-state index contributed by atoms with van der Waals surface area (Å²) in [7, 11) is 1.49. The summed E-state index contributed by atoms with van der Waals surface area (Å²) >= 11 is 0. The first kappa shape index (κ1) is 28.3. The standard InChI is InChI=1S/C27H42N2O7/c1-17(2)14-34-25-18(3)35-27(31)23(16-33-15-21(25)12-20-8-6-7-9-20)29-13-22-26(36-19(4)30)24(32-5)10-11-28-22/h10-11,17-18,20-21,23,25,29H,6-9,12-16H2,1-5H3. The normalized spacial score (nSPS) is 25.7. The molecule has 0 radical (unpaired) electrons. The van der Waals surface area contributed by atoms with Gasteiger partial charge < -0.3 is 23.7 Å². The van der Waals surface area contributed by atoms with E-state index in [1.54, 1.807) is 12.3 Å². The zero-order valence-electron chi connectivity index (χ0n) is 22.3. The number of pyridine rings is 1. The fourth-order valence-electron chi connectivity index (χ4n) is 5.04. The van der Waals surface area contributed by atoms with Crippen LogP contribution in [0.2, 0.25) is 0 Å². The van der Waals surface area contributed by atoms with E-state index in [1.165, 1.54) is 39.7 Å². The van der Waals surface area contributed by atoms with Gasteiger partial charge in [-0.2, -0.15) is 0 Å². The number of nitrogens with zero attached hydrogens (tertiary/aromatic N) is 1. The van der Waals surface area contributed by atoms with Crippen LogP contribution in [0.25, 0.3) is 0 Å². The second kappa shape index (κ2) is 13.9. The third kappa shape index (κ3) is 8.15. The van der Waals surface area contributed by atoms with Gasteiger partial charge in [0.2, 0.25) is 0 Å². The van der Waals surface area contributed by atoms with E-state index >= 15 is 0 Å². The Balaban J connectivity index is 1.72. The van der Waals surface area contributed by atoms with E-state index < -0.39 is 24.1 Å². The summed E-state index contributed by atoms with van der Waals surface area (Å²) in [5, 5.41) is 3.17. The Labute approximate surface area is 214 Å². The third-order valence-corrected chi connectivity index (χ3v) is 6.79. The molecular formula is C27H42N2O7. The van der Waals surface area contributed by atoms with Gasteiger partial charge in [0.25, 0.3) is 0 Å². The monoisotopic (exact) mass is 506 g/mol. The fourth-order valence-corrected chi connectivity index (χ4v) is 5.04. The van der Waals surface area contributed by atoms with Crippen molar-refractivity contribution in [3.8, 4) is 11.5 Å². The van der Waals surface area contributed by atoms with Crippen LogP contribution in [0.4, 0.5) is 0 Å². The third-order valence-electron chi connectivity index (χ3n) is 6.79. The summed E-state index contributed by atoms with van der Waals surface area (Å²) in [6, 6.07) is 0.907. The molecule has 2 heterocycles. The molecule has 9 nitrogen and oxygen atoms in total. The van der Waals surface area contributed by atoms with Crippen LogP contribution >= 0.6 is 0 Å². The van der Waals surface area contributed by atoms with Crippen LogP contribution in [0.15, 0.2) is 12.3 Å². The summed E-state index contributed by atoms with van der Waals surface area (Å²) < 4.78 is 29.0. The molecule has 4 unspecified atom stereocenters. The molecule has 1 aliphatic heterocycles. The van der Waals surface area contributed by atoms with Crippen LogP contribution in [0, 0.1) is 17.8 Å². The second-order valence-corrected chi connectivity index (χ2v) is 10.3. The number of nitrogens with one attached hydrogen (secondary N) is 1. The number of hydrogen-bond acceptors (Lipinski definition) is 9. The van der Waals surface area contributed by atoms with E-state index in [1.807, 2.05) is 6.92 Å². The molecule has 2 aliphatic rings. The molecule has 36 heavy (non-hydrogen) atoms. The van der Waals surface area contributed by atoms with Crippen molar-refractivity contribution in [2.45, 2.75) is 84.6 Å². The first-order valence-corrected chi connectivity index (χ1v) is 13.1. The molecule has 0 bridgehead atoms. The average molecular weight is 507 g/mol. The van der Waals surface area contributed by atoms with Gasteiger partial charge in [0.05, 0.1) is 26.4 Å². The minimum atomic E-state index is -0.707. The molecule has 9 heteroatoms. The van der Waals surface area contributed by atoms with Crippen LogP contribution in [-0.2, 0) is 30.3 Å².